The molecule has 1 aliphatic carbocycles. The lowest BCUT2D eigenvalue weighted by Gasteiger charge is -2.09. The van der Waals surface area contributed by atoms with Crippen molar-refractivity contribution in [3.63, 3.8) is 0 Å². The first-order valence-corrected chi connectivity index (χ1v) is 6.22. The molecule has 0 radical (unpaired) electrons. The molecule has 0 saturated heterocycles. The molecule has 4 nitrogen and oxygen atoms in total. The Kier molecular flexibility index (Phi) is 2.70. The number of hydrogen-bond acceptors (Lipinski definition) is 4. The van der Waals surface area contributed by atoms with Gasteiger partial charge in [0.2, 0.25) is 0 Å². The standard InChI is InChI=1S/C14H14N2O2/c1-2-18-14(17)10-8-16-11-4-3-7-15-13(11)12(10)9-5-6-9/h3-4,7-9H,2,5-6H2,1H3. The van der Waals surface area contributed by atoms with E-state index in [4.69, 9.17) is 4.74 Å². The molecule has 0 atom stereocenters. The van der Waals surface area contributed by atoms with Crippen LogP contribution in [-0.4, -0.2) is 22.5 Å². The highest BCUT2D eigenvalue weighted by Crippen LogP contribution is 2.44. The number of carbonyl (C=O) groups excluding carboxylic acids is 1. The highest BCUT2D eigenvalue weighted by Gasteiger charge is 2.31. The van der Waals surface area contributed by atoms with E-state index in [1.807, 2.05) is 12.1 Å². The smallest absolute Gasteiger partial charge is 0.340 e. The van der Waals surface area contributed by atoms with Crippen LogP contribution < -0.4 is 0 Å². The number of aromatic nitrogens is 2. The number of hydrogen-bond donors (Lipinski definition) is 0. The fourth-order valence-electron chi connectivity index (χ4n) is 2.20. The average molecular weight is 242 g/mol. The van der Waals surface area contributed by atoms with Gasteiger partial charge in [-0.15, -0.1) is 0 Å². The summed E-state index contributed by atoms with van der Waals surface area (Å²) in [5, 5.41) is 0. The molecule has 0 aliphatic heterocycles. The lowest BCUT2D eigenvalue weighted by molar-refractivity contribution is 0.0525. The number of rotatable bonds is 3. The molecule has 1 aliphatic rings. The van der Waals surface area contributed by atoms with Crippen LogP contribution in [-0.2, 0) is 4.74 Å². The second kappa shape index (κ2) is 4.37. The summed E-state index contributed by atoms with van der Waals surface area (Å²) >= 11 is 0. The molecule has 2 aromatic rings. The first-order chi connectivity index (χ1) is 8.81. The predicted molar refractivity (Wildman–Crippen MR) is 67.5 cm³/mol. The average Bonchev–Trinajstić information content (AvgIpc) is 3.22. The van der Waals surface area contributed by atoms with Crippen LogP contribution in [0.1, 0.15) is 41.6 Å². The quantitative estimate of drug-likeness (QED) is 0.776. The molecular weight excluding hydrogens is 228 g/mol. The van der Waals surface area contributed by atoms with Gasteiger partial charge >= 0.3 is 5.97 Å². The SMILES string of the molecule is CCOC(=O)c1cnc2cccnc2c1C1CC1. The minimum atomic E-state index is -0.292. The molecule has 1 saturated carbocycles. The lowest BCUT2D eigenvalue weighted by atomic mass is 10.0. The van der Waals surface area contributed by atoms with Crippen LogP contribution in [0.3, 0.4) is 0 Å². The lowest BCUT2D eigenvalue weighted by Crippen LogP contribution is -2.09. The number of pyridine rings is 2. The third-order valence-electron chi connectivity index (χ3n) is 3.15. The highest BCUT2D eigenvalue weighted by atomic mass is 16.5. The van der Waals surface area contributed by atoms with Crippen molar-refractivity contribution in [3.05, 3.63) is 35.7 Å². The predicted octanol–water partition coefficient (Wildman–Crippen LogP) is 2.68. The largest absolute Gasteiger partial charge is 0.462 e. The van der Waals surface area contributed by atoms with Crippen LogP contribution in [0.25, 0.3) is 11.0 Å². The molecule has 2 heterocycles. The molecule has 0 aromatic carbocycles. The van der Waals surface area contributed by atoms with Gasteiger partial charge in [0.05, 0.1) is 23.2 Å². The van der Waals surface area contributed by atoms with Gasteiger partial charge in [-0.25, -0.2) is 4.79 Å². The zero-order valence-electron chi connectivity index (χ0n) is 10.2. The number of ether oxygens (including phenoxy) is 1. The minimum absolute atomic E-state index is 0.292. The van der Waals surface area contributed by atoms with Gasteiger partial charge in [-0.1, -0.05) is 0 Å². The van der Waals surface area contributed by atoms with Crippen LogP contribution in [0, 0.1) is 0 Å². The first kappa shape index (κ1) is 11.1. The van der Waals surface area contributed by atoms with E-state index >= 15 is 0 Å². The van der Waals surface area contributed by atoms with E-state index < -0.39 is 0 Å². The van der Waals surface area contributed by atoms with Gasteiger partial charge in [-0.3, -0.25) is 9.97 Å². The van der Waals surface area contributed by atoms with Crippen LogP contribution in [0.4, 0.5) is 0 Å². The summed E-state index contributed by atoms with van der Waals surface area (Å²) in [6, 6.07) is 3.78. The van der Waals surface area contributed by atoms with E-state index in [0.29, 0.717) is 18.1 Å². The summed E-state index contributed by atoms with van der Waals surface area (Å²) in [7, 11) is 0. The summed E-state index contributed by atoms with van der Waals surface area (Å²) < 4.78 is 5.09. The van der Waals surface area contributed by atoms with Crippen molar-refractivity contribution in [2.45, 2.75) is 25.7 Å². The van der Waals surface area contributed by atoms with Gasteiger partial charge in [0, 0.05) is 12.4 Å². The molecule has 1 fully saturated rings. The zero-order chi connectivity index (χ0) is 12.5. The molecule has 2 aromatic heterocycles. The summed E-state index contributed by atoms with van der Waals surface area (Å²) in [5.41, 5.74) is 3.27. The van der Waals surface area contributed by atoms with E-state index in [0.717, 1.165) is 29.4 Å². The molecule has 4 heteroatoms. The Labute approximate surface area is 105 Å². The molecule has 0 amide bonds. The molecule has 0 spiro atoms. The Hall–Kier alpha value is -1.97. The summed E-state index contributed by atoms with van der Waals surface area (Å²) in [5.74, 6) is 0.143. The Balaban J connectivity index is 2.19. The topological polar surface area (TPSA) is 52.1 Å². The Morgan fingerprint density at radius 3 is 3.00 bits per heavy atom. The van der Waals surface area contributed by atoms with E-state index in [-0.39, 0.29) is 5.97 Å². The Bertz CT molecular complexity index is 606. The number of esters is 1. The maximum Gasteiger partial charge on any atom is 0.340 e. The highest BCUT2D eigenvalue weighted by molar-refractivity contribution is 5.96. The van der Waals surface area contributed by atoms with E-state index in [1.54, 1.807) is 19.3 Å². The fourth-order valence-corrected chi connectivity index (χ4v) is 2.20. The second-order valence-corrected chi connectivity index (χ2v) is 4.45. The molecule has 92 valence electrons. The zero-order valence-corrected chi connectivity index (χ0v) is 10.2. The van der Waals surface area contributed by atoms with Crippen molar-refractivity contribution in [2.75, 3.05) is 6.61 Å². The molecule has 0 unspecified atom stereocenters. The van der Waals surface area contributed by atoms with E-state index in [2.05, 4.69) is 9.97 Å². The first-order valence-electron chi connectivity index (χ1n) is 6.22. The Morgan fingerprint density at radius 2 is 2.28 bits per heavy atom. The third kappa shape index (κ3) is 1.83. The molecule has 18 heavy (non-hydrogen) atoms. The van der Waals surface area contributed by atoms with Gasteiger partial charge in [-0.2, -0.15) is 0 Å². The maximum absolute atomic E-state index is 12.0. The van der Waals surface area contributed by atoms with Gasteiger partial charge < -0.3 is 4.74 Å². The summed E-state index contributed by atoms with van der Waals surface area (Å²) in [6.07, 6.45) is 5.59. The number of nitrogens with zero attached hydrogens (tertiary/aromatic N) is 2. The molecule has 0 N–H and O–H groups in total. The van der Waals surface area contributed by atoms with Gasteiger partial charge in [-0.05, 0) is 43.4 Å². The second-order valence-electron chi connectivity index (χ2n) is 4.45. The van der Waals surface area contributed by atoms with Gasteiger partial charge in [0.25, 0.3) is 0 Å². The van der Waals surface area contributed by atoms with Crippen LogP contribution >= 0.6 is 0 Å². The minimum Gasteiger partial charge on any atom is -0.462 e. The van der Waals surface area contributed by atoms with Crippen molar-refractivity contribution in [1.29, 1.82) is 0 Å². The van der Waals surface area contributed by atoms with Gasteiger partial charge in [0.15, 0.2) is 0 Å². The van der Waals surface area contributed by atoms with E-state index in [1.165, 1.54) is 0 Å². The van der Waals surface area contributed by atoms with E-state index in [9.17, 15) is 4.79 Å². The Morgan fingerprint density at radius 1 is 1.44 bits per heavy atom. The van der Waals surface area contributed by atoms with Crippen LogP contribution in [0.2, 0.25) is 0 Å². The van der Waals surface area contributed by atoms with Crippen LogP contribution in [0.5, 0.6) is 0 Å². The van der Waals surface area contributed by atoms with Crippen LogP contribution in [0.15, 0.2) is 24.5 Å². The number of carbonyl (C=O) groups is 1. The summed E-state index contributed by atoms with van der Waals surface area (Å²) in [6.45, 7) is 2.19. The fraction of sp³-hybridized carbons (Fsp3) is 0.357. The summed E-state index contributed by atoms with van der Waals surface area (Å²) in [4.78, 5) is 20.6. The van der Waals surface area contributed by atoms with Crippen molar-refractivity contribution in [2.24, 2.45) is 0 Å². The monoisotopic (exact) mass is 242 g/mol. The van der Waals surface area contributed by atoms with Crippen molar-refractivity contribution >= 4 is 17.0 Å². The van der Waals surface area contributed by atoms with Crippen molar-refractivity contribution in [1.82, 2.24) is 9.97 Å². The molecular formula is C14H14N2O2. The molecule has 0 bridgehead atoms. The van der Waals surface area contributed by atoms with Gasteiger partial charge in [0.1, 0.15) is 0 Å². The number of fused-ring (bicyclic) bond motifs is 1. The third-order valence-corrected chi connectivity index (χ3v) is 3.15. The van der Waals surface area contributed by atoms with Crippen molar-refractivity contribution < 1.29 is 9.53 Å². The molecule has 3 rings (SSSR count). The van der Waals surface area contributed by atoms with Crippen molar-refractivity contribution in [3.8, 4) is 0 Å². The normalized spacial score (nSPS) is 14.7. The maximum atomic E-state index is 12.0.